The molecule has 1 aromatic carbocycles. The van der Waals surface area contributed by atoms with Crippen molar-refractivity contribution in [2.45, 2.75) is 12.7 Å². The van der Waals surface area contributed by atoms with Crippen LogP contribution in [-0.4, -0.2) is 59.8 Å². The number of rotatable bonds is 2. The Balaban J connectivity index is 0.00000144. The van der Waals surface area contributed by atoms with Crippen molar-refractivity contribution < 1.29 is 8.42 Å². The second kappa shape index (κ2) is 5.60. The summed E-state index contributed by atoms with van der Waals surface area (Å²) in [7, 11) is -3.39. The van der Waals surface area contributed by atoms with Gasteiger partial charge in [-0.25, -0.2) is 13.6 Å². The van der Waals surface area contributed by atoms with Gasteiger partial charge in [-0.2, -0.15) is 0 Å². The van der Waals surface area contributed by atoms with E-state index in [0.29, 0.717) is 0 Å². The molecule has 0 spiro atoms. The van der Waals surface area contributed by atoms with Gasteiger partial charge in [-0.3, -0.25) is 0 Å². The van der Waals surface area contributed by atoms with Crippen LogP contribution in [0.3, 0.4) is 0 Å². The summed E-state index contributed by atoms with van der Waals surface area (Å²) in [6.45, 7) is 1.95. The molecule has 0 aliphatic rings. The van der Waals surface area contributed by atoms with Crippen LogP contribution in [-0.2, 0) is 15.8 Å². The van der Waals surface area contributed by atoms with Crippen LogP contribution in [0.25, 0.3) is 0 Å². The molecule has 0 aliphatic carbocycles. The molecule has 0 aromatic heterocycles. The zero-order valence-electron chi connectivity index (χ0n) is 6.82. The van der Waals surface area contributed by atoms with E-state index < -0.39 is 10.0 Å². The van der Waals surface area contributed by atoms with Crippen LogP contribution >= 0.6 is 0 Å². The van der Waals surface area contributed by atoms with Gasteiger partial charge in [0, 0.05) is 0 Å². The molecule has 13 heavy (non-hydrogen) atoms. The Kier molecular flexibility index (Phi) is 5.93. The van der Waals surface area contributed by atoms with E-state index in [1.165, 1.54) is 0 Å². The maximum absolute atomic E-state index is 10.7. The van der Waals surface area contributed by atoms with Crippen molar-refractivity contribution >= 4 is 61.4 Å². The molecule has 3 nitrogen and oxygen atoms in total. The molecular weight excluding hydrogens is 213 g/mol. The fraction of sp³-hybridized carbons (Fsp3) is 0.250. The van der Waals surface area contributed by atoms with E-state index in [0.717, 1.165) is 11.1 Å². The van der Waals surface area contributed by atoms with Gasteiger partial charge in [-0.15, -0.1) is 0 Å². The number of sulfonamides is 1. The Morgan fingerprint density at radius 3 is 2.08 bits per heavy atom. The van der Waals surface area contributed by atoms with E-state index >= 15 is 0 Å². The predicted octanol–water partition coefficient (Wildman–Crippen LogP) is 0.135. The molecule has 0 heterocycles. The third-order valence-corrected chi connectivity index (χ3v) is 2.22. The number of hydrogen-bond donors (Lipinski definition) is 1. The molecule has 0 saturated heterocycles. The van der Waals surface area contributed by atoms with Gasteiger partial charge < -0.3 is 0 Å². The van der Waals surface area contributed by atoms with Gasteiger partial charge in [0.05, 0.1) is 5.75 Å². The minimum absolute atomic E-state index is 0. The Bertz CT molecular complexity index is 358. The second-order valence-corrected chi connectivity index (χ2v) is 4.41. The van der Waals surface area contributed by atoms with Crippen molar-refractivity contribution in [1.29, 1.82) is 0 Å². The molecule has 2 N–H and O–H groups in total. The van der Waals surface area contributed by atoms with Gasteiger partial charge in [-0.05, 0) is 12.5 Å². The Labute approximate surface area is 121 Å². The third kappa shape index (κ3) is 5.95. The fourth-order valence-electron chi connectivity index (χ4n) is 0.917. The van der Waals surface area contributed by atoms with Gasteiger partial charge in [0.1, 0.15) is 0 Å². The van der Waals surface area contributed by atoms with Gasteiger partial charge in [-0.1, -0.05) is 29.8 Å². The molecular formula is C8H12KNO2S. The van der Waals surface area contributed by atoms with Gasteiger partial charge >= 0.3 is 51.4 Å². The summed E-state index contributed by atoms with van der Waals surface area (Å²) in [5.41, 5.74) is 1.83. The summed E-state index contributed by atoms with van der Waals surface area (Å²) in [4.78, 5) is 0. The molecule has 0 saturated carbocycles. The Morgan fingerprint density at radius 2 is 1.69 bits per heavy atom. The Hall–Kier alpha value is 0.766. The van der Waals surface area contributed by atoms with Crippen molar-refractivity contribution in [2.24, 2.45) is 5.14 Å². The maximum atomic E-state index is 10.7. The SMILES string of the molecule is Cc1ccc(CS(N)(=O)=O)cc1.[KH]. The first-order valence-electron chi connectivity index (χ1n) is 3.53. The molecule has 0 radical (unpaired) electrons. The molecule has 0 aliphatic heterocycles. The molecule has 1 rings (SSSR count). The standard InChI is InChI=1S/C8H11NO2S.K.H/c1-7-2-4-8(5-3-7)6-12(9,10)11;;/h2-5H,6H2,1H3,(H2,9,10,11);;. The molecule has 5 heteroatoms. The number of benzene rings is 1. The van der Waals surface area contributed by atoms with Gasteiger partial charge in [0.15, 0.2) is 0 Å². The normalized spacial score (nSPS) is 10.6. The molecule has 0 atom stereocenters. The van der Waals surface area contributed by atoms with Gasteiger partial charge in [0.25, 0.3) is 0 Å². The van der Waals surface area contributed by atoms with Crippen molar-refractivity contribution in [3.05, 3.63) is 35.4 Å². The van der Waals surface area contributed by atoms with E-state index in [9.17, 15) is 8.42 Å². The van der Waals surface area contributed by atoms with Crippen LogP contribution in [0.4, 0.5) is 0 Å². The zero-order valence-corrected chi connectivity index (χ0v) is 7.64. The van der Waals surface area contributed by atoms with Crippen LogP contribution in [0.2, 0.25) is 0 Å². The van der Waals surface area contributed by atoms with E-state index in [2.05, 4.69) is 0 Å². The first-order valence-corrected chi connectivity index (χ1v) is 5.25. The van der Waals surface area contributed by atoms with Crippen LogP contribution in [0.1, 0.15) is 11.1 Å². The molecule has 0 unspecified atom stereocenters. The van der Waals surface area contributed by atoms with Crippen LogP contribution < -0.4 is 5.14 Å². The van der Waals surface area contributed by atoms with Crippen LogP contribution in [0.15, 0.2) is 24.3 Å². The van der Waals surface area contributed by atoms with Crippen LogP contribution in [0, 0.1) is 6.92 Å². The molecule has 0 fully saturated rings. The average molecular weight is 225 g/mol. The number of aryl methyl sites for hydroxylation is 1. The van der Waals surface area contributed by atoms with Crippen LogP contribution in [0.5, 0.6) is 0 Å². The molecule has 0 amide bonds. The Morgan fingerprint density at radius 1 is 1.23 bits per heavy atom. The topological polar surface area (TPSA) is 60.2 Å². The summed E-state index contributed by atoms with van der Waals surface area (Å²) >= 11 is 0. The van der Waals surface area contributed by atoms with E-state index in [-0.39, 0.29) is 57.1 Å². The first-order chi connectivity index (χ1) is 5.47. The second-order valence-electron chi connectivity index (χ2n) is 2.79. The van der Waals surface area contributed by atoms with Crippen molar-refractivity contribution in [2.75, 3.05) is 0 Å². The van der Waals surface area contributed by atoms with Gasteiger partial charge in [0.2, 0.25) is 10.0 Å². The average Bonchev–Trinajstić information content (AvgIpc) is 1.91. The minimum atomic E-state index is -3.39. The summed E-state index contributed by atoms with van der Waals surface area (Å²) < 4.78 is 21.3. The molecule has 0 bridgehead atoms. The van der Waals surface area contributed by atoms with E-state index in [1.54, 1.807) is 12.1 Å². The van der Waals surface area contributed by atoms with E-state index in [4.69, 9.17) is 5.14 Å². The summed E-state index contributed by atoms with van der Waals surface area (Å²) in [5, 5.41) is 4.88. The number of nitrogens with two attached hydrogens (primary N) is 1. The summed E-state index contributed by atoms with van der Waals surface area (Å²) in [6.07, 6.45) is 0. The fourth-order valence-corrected chi connectivity index (χ4v) is 1.57. The van der Waals surface area contributed by atoms with Crippen molar-refractivity contribution in [1.82, 2.24) is 0 Å². The quantitative estimate of drug-likeness (QED) is 0.728. The third-order valence-electron chi connectivity index (χ3n) is 1.49. The molecule has 68 valence electrons. The van der Waals surface area contributed by atoms with Crippen molar-refractivity contribution in [3.8, 4) is 0 Å². The number of primary sulfonamides is 1. The van der Waals surface area contributed by atoms with Crippen molar-refractivity contribution in [3.63, 3.8) is 0 Å². The monoisotopic (exact) mass is 225 g/mol. The number of hydrogen-bond acceptors (Lipinski definition) is 2. The summed E-state index contributed by atoms with van der Waals surface area (Å²) in [6, 6.07) is 7.25. The molecule has 1 aromatic rings. The summed E-state index contributed by atoms with van der Waals surface area (Å²) in [5.74, 6) is -0.0900. The zero-order chi connectivity index (χ0) is 9.19. The van der Waals surface area contributed by atoms with E-state index in [1.807, 2.05) is 19.1 Å². The first kappa shape index (κ1) is 13.8. The predicted molar refractivity (Wildman–Crippen MR) is 55.1 cm³/mol.